The molecule has 0 unspecified atom stereocenters. The van der Waals surface area contributed by atoms with Crippen LogP contribution < -0.4 is 15.0 Å². The molecule has 1 amide bonds. The Hall–Kier alpha value is -4.84. The largest absolute Gasteiger partial charge is 0.611 e. The molecule has 0 bridgehead atoms. The van der Waals surface area contributed by atoms with E-state index < -0.39 is 11.2 Å². The second kappa shape index (κ2) is 19.0. The van der Waals surface area contributed by atoms with Gasteiger partial charge in [-0.05, 0) is 95.3 Å². The molecular formula is C40H48N6O4S. The number of nitrogens with one attached hydrogen (secondary N) is 1. The number of aromatic nitrogens is 4. The van der Waals surface area contributed by atoms with Crippen molar-refractivity contribution in [2.45, 2.75) is 56.8 Å². The Morgan fingerprint density at radius 3 is 2.49 bits per heavy atom. The fraction of sp³-hybridized carbons (Fsp3) is 0.325. The number of benzene rings is 3. The zero-order valence-corrected chi connectivity index (χ0v) is 30.8. The summed E-state index contributed by atoms with van der Waals surface area (Å²) in [7, 11) is 3.93. The maximum absolute atomic E-state index is 13.1. The monoisotopic (exact) mass is 708 g/mol. The van der Waals surface area contributed by atoms with Gasteiger partial charge >= 0.3 is 0 Å². The van der Waals surface area contributed by atoms with Gasteiger partial charge in [0.2, 0.25) is 5.91 Å². The first-order valence-electron chi connectivity index (χ1n) is 17.4. The van der Waals surface area contributed by atoms with Gasteiger partial charge in [0.05, 0.1) is 31.0 Å². The van der Waals surface area contributed by atoms with E-state index in [0.717, 1.165) is 71.8 Å². The molecule has 2 aromatic heterocycles. The molecule has 51 heavy (non-hydrogen) atoms. The van der Waals surface area contributed by atoms with Crippen LogP contribution in [-0.4, -0.2) is 56.7 Å². The highest BCUT2D eigenvalue weighted by Gasteiger charge is 2.16. The number of rotatable bonds is 19. The molecule has 0 spiro atoms. The third-order valence-electron chi connectivity index (χ3n) is 8.28. The summed E-state index contributed by atoms with van der Waals surface area (Å²) in [6.45, 7) is 7.58. The predicted molar refractivity (Wildman–Crippen MR) is 205 cm³/mol. The Labute approximate surface area is 304 Å². The smallest absolute Gasteiger partial charge is 0.248 e. The molecule has 0 saturated carbocycles. The van der Waals surface area contributed by atoms with E-state index in [1.165, 1.54) is 0 Å². The summed E-state index contributed by atoms with van der Waals surface area (Å²) in [5.74, 6) is 0.914. The van der Waals surface area contributed by atoms with E-state index in [1.54, 1.807) is 47.5 Å². The Bertz CT molecular complexity index is 1850. The van der Waals surface area contributed by atoms with Crippen LogP contribution >= 0.6 is 0 Å². The average Bonchev–Trinajstić information content (AvgIpc) is 3.76. The molecule has 1 atom stereocenters. The number of hydrogen-bond donors (Lipinski definition) is 1. The molecule has 0 aliphatic rings. The minimum absolute atomic E-state index is 0.265. The number of anilines is 2. The molecule has 3 aromatic carbocycles. The predicted octanol–water partition coefficient (Wildman–Crippen LogP) is 7.49. The van der Waals surface area contributed by atoms with Crippen molar-refractivity contribution in [3.63, 3.8) is 0 Å². The highest BCUT2D eigenvalue weighted by atomic mass is 32.2. The van der Waals surface area contributed by atoms with Gasteiger partial charge in [-0.2, -0.15) is 5.10 Å². The van der Waals surface area contributed by atoms with E-state index in [9.17, 15) is 9.35 Å². The van der Waals surface area contributed by atoms with Crippen LogP contribution in [0.25, 0.3) is 17.2 Å². The highest BCUT2D eigenvalue weighted by molar-refractivity contribution is 7.90. The summed E-state index contributed by atoms with van der Waals surface area (Å²) in [6, 6.07) is 21.4. The van der Waals surface area contributed by atoms with Gasteiger partial charge in [0.15, 0.2) is 10.6 Å². The van der Waals surface area contributed by atoms with E-state index in [2.05, 4.69) is 52.3 Å². The Balaban J connectivity index is 1.26. The summed E-state index contributed by atoms with van der Waals surface area (Å²) in [4.78, 5) is 20.2. The molecule has 5 aromatic rings. The Morgan fingerprint density at radius 2 is 1.76 bits per heavy atom. The second-order valence-electron chi connectivity index (χ2n) is 12.4. The summed E-state index contributed by atoms with van der Waals surface area (Å²) >= 11 is -1.23. The van der Waals surface area contributed by atoms with Crippen LogP contribution in [0.2, 0.25) is 0 Å². The van der Waals surface area contributed by atoms with Crippen LogP contribution in [0.1, 0.15) is 49.9 Å². The van der Waals surface area contributed by atoms with Crippen molar-refractivity contribution in [3.05, 3.63) is 115 Å². The lowest BCUT2D eigenvalue weighted by Gasteiger charge is -2.22. The van der Waals surface area contributed by atoms with Crippen molar-refractivity contribution in [1.82, 2.24) is 19.3 Å². The number of imidazole rings is 1. The SMILES string of the molecule is CCCCOCCOc1ccc(-c2ccc(N(C)Cc3cnn(C)c3)c(C=CC(=O)Nc3ccc([S@@+]([O-])Cc4cncn4CCC)cc3)c2)cc1. The van der Waals surface area contributed by atoms with E-state index in [-0.39, 0.29) is 5.91 Å². The van der Waals surface area contributed by atoms with Crippen molar-refractivity contribution in [3.8, 4) is 16.9 Å². The molecule has 2 heterocycles. The number of carbonyl (C=O) groups excluding carboxylic acids is 1. The number of nitrogens with zero attached hydrogens (tertiary/aromatic N) is 5. The summed E-state index contributed by atoms with van der Waals surface area (Å²) in [5, 5.41) is 7.25. The molecule has 1 N–H and O–H groups in total. The molecule has 268 valence electrons. The molecule has 0 radical (unpaired) electrons. The summed E-state index contributed by atoms with van der Waals surface area (Å²) < 4.78 is 28.3. The van der Waals surface area contributed by atoms with Crippen LogP contribution in [-0.2, 0) is 46.6 Å². The van der Waals surface area contributed by atoms with Gasteiger partial charge in [0.1, 0.15) is 12.4 Å². The number of unbranched alkanes of at least 4 members (excludes halogenated alkanes) is 1. The maximum atomic E-state index is 13.1. The van der Waals surface area contributed by atoms with E-state index in [0.29, 0.717) is 36.1 Å². The molecule has 0 aliphatic carbocycles. The van der Waals surface area contributed by atoms with E-state index in [1.807, 2.05) is 61.4 Å². The minimum Gasteiger partial charge on any atom is -0.611 e. The van der Waals surface area contributed by atoms with Crippen molar-refractivity contribution in [2.24, 2.45) is 7.05 Å². The summed E-state index contributed by atoms with van der Waals surface area (Å²) in [6.07, 6.45) is 13.9. The van der Waals surface area contributed by atoms with Crippen molar-refractivity contribution in [1.29, 1.82) is 0 Å². The normalized spacial score (nSPS) is 11.9. The highest BCUT2D eigenvalue weighted by Crippen LogP contribution is 2.30. The summed E-state index contributed by atoms with van der Waals surface area (Å²) in [5.41, 5.74) is 6.57. The molecular weight excluding hydrogens is 661 g/mol. The van der Waals surface area contributed by atoms with Crippen molar-refractivity contribution in [2.75, 3.05) is 37.1 Å². The van der Waals surface area contributed by atoms with Gasteiger partial charge < -0.3 is 28.8 Å². The lowest BCUT2D eigenvalue weighted by molar-refractivity contribution is -0.111. The van der Waals surface area contributed by atoms with Gasteiger partial charge in [-0.25, -0.2) is 4.98 Å². The first-order valence-corrected chi connectivity index (χ1v) is 18.7. The number of amides is 1. The van der Waals surface area contributed by atoms with E-state index in [4.69, 9.17) is 9.47 Å². The Morgan fingerprint density at radius 1 is 0.980 bits per heavy atom. The Kier molecular flexibility index (Phi) is 13.9. The number of hydrogen-bond acceptors (Lipinski definition) is 7. The van der Waals surface area contributed by atoms with Crippen LogP contribution in [0.3, 0.4) is 0 Å². The molecule has 0 aliphatic heterocycles. The zero-order chi connectivity index (χ0) is 36.0. The van der Waals surface area contributed by atoms with Gasteiger partial charge in [0, 0.05) is 63.0 Å². The van der Waals surface area contributed by atoms with Gasteiger partial charge in [0.25, 0.3) is 0 Å². The number of carbonyl (C=O) groups is 1. The zero-order valence-electron chi connectivity index (χ0n) is 30.0. The van der Waals surface area contributed by atoms with Gasteiger partial charge in [-0.1, -0.05) is 38.5 Å². The van der Waals surface area contributed by atoms with Gasteiger partial charge in [-0.3, -0.25) is 9.48 Å². The second-order valence-corrected chi connectivity index (χ2v) is 13.9. The maximum Gasteiger partial charge on any atom is 0.248 e. The molecule has 0 fully saturated rings. The lowest BCUT2D eigenvalue weighted by Crippen LogP contribution is -2.17. The molecule has 10 nitrogen and oxygen atoms in total. The van der Waals surface area contributed by atoms with Crippen LogP contribution in [0, 0.1) is 0 Å². The molecule has 0 saturated heterocycles. The lowest BCUT2D eigenvalue weighted by atomic mass is 10.0. The topological polar surface area (TPSA) is 110 Å². The standard InChI is InChI=1S/C40H48N6O4S/c1-5-7-21-49-22-23-50-37-14-8-32(9-15-37)33-10-18-39(44(3)27-31-25-42-45(4)28-31)34(24-33)11-19-40(47)43-35-12-16-38(17-13-35)51(48)29-36-26-41-30-46(36)20-6-2/h8-19,24-26,28,30H,5-7,20-23,27,29H2,1-4H3,(H,43,47)/t51-/m0/s1. The van der Waals surface area contributed by atoms with Crippen LogP contribution in [0.15, 0.2) is 103 Å². The third-order valence-corrected chi connectivity index (χ3v) is 9.64. The fourth-order valence-corrected chi connectivity index (χ4v) is 6.72. The average molecular weight is 709 g/mol. The first kappa shape index (κ1) is 37.4. The minimum atomic E-state index is -1.23. The fourth-order valence-electron chi connectivity index (χ4n) is 5.61. The van der Waals surface area contributed by atoms with Gasteiger partial charge in [-0.15, -0.1) is 0 Å². The first-order chi connectivity index (χ1) is 24.8. The van der Waals surface area contributed by atoms with Crippen LogP contribution in [0.5, 0.6) is 5.75 Å². The quantitative estimate of drug-likeness (QED) is 0.0538. The van der Waals surface area contributed by atoms with E-state index >= 15 is 0 Å². The van der Waals surface area contributed by atoms with Crippen molar-refractivity contribution < 1.29 is 18.8 Å². The van der Waals surface area contributed by atoms with Crippen LogP contribution in [0.4, 0.5) is 11.4 Å². The van der Waals surface area contributed by atoms with Crippen molar-refractivity contribution >= 4 is 34.5 Å². The number of ether oxygens (including phenoxy) is 2. The number of aryl methyl sites for hydroxylation is 2. The third kappa shape index (κ3) is 11.1. The molecule has 11 heteroatoms. The molecule has 5 rings (SSSR count).